The number of hydrogen-bond acceptors (Lipinski definition) is 4. The third-order valence-corrected chi connectivity index (χ3v) is 5.38. The maximum absolute atomic E-state index is 5.64. The van der Waals surface area contributed by atoms with Crippen LogP contribution >= 0.6 is 12.2 Å². The number of aromatic nitrogens is 5. The van der Waals surface area contributed by atoms with Gasteiger partial charge in [-0.05, 0) is 59.8 Å². The van der Waals surface area contributed by atoms with Gasteiger partial charge in [-0.25, -0.2) is 4.98 Å². The van der Waals surface area contributed by atoms with Crippen molar-refractivity contribution in [1.29, 1.82) is 0 Å². The Morgan fingerprint density at radius 3 is 2.33 bits per heavy atom. The van der Waals surface area contributed by atoms with Gasteiger partial charge in [0.2, 0.25) is 4.77 Å². The minimum atomic E-state index is 0.647. The van der Waals surface area contributed by atoms with Gasteiger partial charge in [0.05, 0.1) is 31.9 Å². The molecule has 1 aliphatic rings. The SMILES string of the molecule is Cc1cc(C)cc(-n2nnn(C[NH+]3CCN(c4cc[nH+]cc4)CC3)c2=S)c1. The zero-order valence-electron chi connectivity index (χ0n) is 15.7. The second kappa shape index (κ2) is 7.58. The van der Waals surface area contributed by atoms with Crippen LogP contribution in [0.15, 0.2) is 42.7 Å². The predicted octanol–water partition coefficient (Wildman–Crippen LogP) is 0.592. The predicted molar refractivity (Wildman–Crippen MR) is 106 cm³/mol. The number of H-pyrrole nitrogens is 1. The van der Waals surface area contributed by atoms with E-state index in [4.69, 9.17) is 12.2 Å². The molecule has 1 fully saturated rings. The first-order valence-corrected chi connectivity index (χ1v) is 9.67. The molecule has 140 valence electrons. The zero-order valence-corrected chi connectivity index (χ0v) is 16.5. The van der Waals surface area contributed by atoms with Crippen LogP contribution in [0.3, 0.4) is 0 Å². The summed E-state index contributed by atoms with van der Waals surface area (Å²) in [5.74, 6) is 0. The van der Waals surface area contributed by atoms with E-state index in [0.717, 1.165) is 38.5 Å². The molecule has 7 nitrogen and oxygen atoms in total. The fourth-order valence-electron chi connectivity index (χ4n) is 3.65. The molecule has 0 atom stereocenters. The number of tetrazole rings is 1. The summed E-state index contributed by atoms with van der Waals surface area (Å²) in [6, 6.07) is 10.6. The minimum Gasteiger partial charge on any atom is -0.360 e. The molecule has 4 rings (SSSR count). The standard InChI is InChI=1S/C19H23N7S/c1-15-11-16(2)13-18(12-15)26-19(27)25(21-22-26)14-23-7-9-24(10-8-23)17-3-5-20-6-4-17/h3-6,11-13H,7-10,14H2,1-2H3/p+2. The number of aromatic amines is 1. The Hall–Kier alpha value is -2.58. The number of nitrogens with zero attached hydrogens (tertiary/aromatic N) is 5. The number of piperazine rings is 1. The molecular formula is C19H25N7S+2. The molecule has 0 spiro atoms. The van der Waals surface area contributed by atoms with Crippen molar-refractivity contribution in [2.45, 2.75) is 20.5 Å². The molecule has 3 heterocycles. The summed E-state index contributed by atoms with van der Waals surface area (Å²) >= 11 is 5.64. The number of hydrogen-bond donors (Lipinski definition) is 1. The number of benzene rings is 1. The van der Waals surface area contributed by atoms with Gasteiger partial charge in [-0.3, -0.25) is 0 Å². The smallest absolute Gasteiger partial charge is 0.225 e. The monoisotopic (exact) mass is 383 g/mol. The molecule has 0 radical (unpaired) electrons. The van der Waals surface area contributed by atoms with Crippen LogP contribution in [0, 0.1) is 18.6 Å². The number of anilines is 1. The van der Waals surface area contributed by atoms with Crippen LogP contribution in [0.2, 0.25) is 0 Å². The summed E-state index contributed by atoms with van der Waals surface area (Å²) in [5.41, 5.74) is 4.64. The lowest BCUT2D eigenvalue weighted by molar-refractivity contribution is -0.924. The molecule has 2 aromatic heterocycles. The van der Waals surface area contributed by atoms with Crippen molar-refractivity contribution >= 4 is 17.9 Å². The molecule has 1 saturated heterocycles. The van der Waals surface area contributed by atoms with E-state index in [1.54, 1.807) is 4.68 Å². The maximum Gasteiger partial charge on any atom is 0.225 e. The Bertz CT molecular complexity index is 951. The lowest BCUT2D eigenvalue weighted by atomic mass is 10.1. The van der Waals surface area contributed by atoms with Crippen molar-refractivity contribution in [3.63, 3.8) is 0 Å². The van der Waals surface area contributed by atoms with Gasteiger partial charge in [0, 0.05) is 17.8 Å². The fourth-order valence-corrected chi connectivity index (χ4v) is 3.89. The van der Waals surface area contributed by atoms with Gasteiger partial charge in [-0.15, -0.1) is 0 Å². The molecule has 0 amide bonds. The van der Waals surface area contributed by atoms with Crippen LogP contribution in [0.1, 0.15) is 11.1 Å². The van der Waals surface area contributed by atoms with E-state index in [2.05, 4.69) is 64.5 Å². The number of nitrogens with one attached hydrogen (secondary N) is 2. The topological polar surface area (TPSA) is 57.5 Å². The summed E-state index contributed by atoms with van der Waals surface area (Å²) in [4.78, 5) is 6.97. The van der Waals surface area contributed by atoms with E-state index >= 15 is 0 Å². The first-order chi connectivity index (χ1) is 13.1. The van der Waals surface area contributed by atoms with Crippen molar-refractivity contribution in [3.05, 3.63) is 58.6 Å². The lowest BCUT2D eigenvalue weighted by Gasteiger charge is -2.32. The van der Waals surface area contributed by atoms with E-state index in [1.807, 2.05) is 17.1 Å². The number of quaternary nitrogens is 1. The van der Waals surface area contributed by atoms with E-state index < -0.39 is 0 Å². The van der Waals surface area contributed by atoms with Crippen LogP contribution < -0.4 is 14.8 Å². The van der Waals surface area contributed by atoms with Gasteiger partial charge < -0.3 is 9.80 Å². The molecule has 1 aliphatic heterocycles. The molecule has 3 aromatic rings. The van der Waals surface area contributed by atoms with Crippen LogP contribution in [-0.2, 0) is 6.67 Å². The molecular weight excluding hydrogens is 358 g/mol. The first-order valence-electron chi connectivity index (χ1n) is 9.26. The molecule has 1 aromatic carbocycles. The van der Waals surface area contributed by atoms with Crippen molar-refractivity contribution in [1.82, 2.24) is 19.8 Å². The highest BCUT2D eigenvalue weighted by Gasteiger charge is 2.21. The lowest BCUT2D eigenvalue weighted by Crippen LogP contribution is -3.14. The average Bonchev–Trinajstić information content (AvgIpc) is 3.03. The molecule has 0 saturated carbocycles. The quantitative estimate of drug-likeness (QED) is 0.670. The molecule has 0 unspecified atom stereocenters. The number of rotatable bonds is 4. The summed E-state index contributed by atoms with van der Waals surface area (Å²) in [6.07, 6.45) is 3.94. The highest BCUT2D eigenvalue weighted by Crippen LogP contribution is 2.13. The molecule has 0 aliphatic carbocycles. The van der Waals surface area contributed by atoms with Crippen LogP contribution in [0.4, 0.5) is 5.69 Å². The first kappa shape index (κ1) is 17.8. The zero-order chi connectivity index (χ0) is 18.8. The summed E-state index contributed by atoms with van der Waals surface area (Å²) in [7, 11) is 0. The summed E-state index contributed by atoms with van der Waals surface area (Å²) < 4.78 is 4.24. The second-order valence-corrected chi connectivity index (χ2v) is 7.54. The molecule has 0 bridgehead atoms. The van der Waals surface area contributed by atoms with Crippen LogP contribution in [-0.4, -0.2) is 46.0 Å². The second-order valence-electron chi connectivity index (χ2n) is 7.17. The van der Waals surface area contributed by atoms with Crippen molar-refractivity contribution in [3.8, 4) is 5.69 Å². The van der Waals surface area contributed by atoms with Crippen LogP contribution in [0.25, 0.3) is 5.69 Å². The van der Waals surface area contributed by atoms with Gasteiger partial charge in [-0.2, -0.15) is 9.36 Å². The third-order valence-electron chi connectivity index (χ3n) is 5.00. The van der Waals surface area contributed by atoms with Gasteiger partial charge in [-0.1, -0.05) is 6.07 Å². The Morgan fingerprint density at radius 1 is 1.00 bits per heavy atom. The van der Waals surface area contributed by atoms with Crippen LogP contribution in [0.5, 0.6) is 0 Å². The highest BCUT2D eigenvalue weighted by molar-refractivity contribution is 7.71. The molecule has 8 heteroatoms. The van der Waals surface area contributed by atoms with E-state index in [-0.39, 0.29) is 0 Å². The fraction of sp³-hybridized carbons (Fsp3) is 0.368. The van der Waals surface area contributed by atoms with Gasteiger partial charge in [0.15, 0.2) is 19.1 Å². The largest absolute Gasteiger partial charge is 0.360 e. The number of aryl methyl sites for hydroxylation is 2. The Morgan fingerprint density at radius 2 is 1.67 bits per heavy atom. The van der Waals surface area contributed by atoms with Gasteiger partial charge >= 0.3 is 0 Å². The van der Waals surface area contributed by atoms with Crippen molar-refractivity contribution < 1.29 is 9.88 Å². The van der Waals surface area contributed by atoms with Crippen molar-refractivity contribution in [2.24, 2.45) is 0 Å². The normalized spacial score (nSPS) is 15.3. The van der Waals surface area contributed by atoms with Gasteiger partial charge in [0.25, 0.3) is 0 Å². The molecule has 2 N–H and O–H groups in total. The van der Waals surface area contributed by atoms with E-state index in [1.165, 1.54) is 21.7 Å². The summed E-state index contributed by atoms with van der Waals surface area (Å²) in [6.45, 7) is 9.07. The van der Waals surface area contributed by atoms with Crippen molar-refractivity contribution in [2.75, 3.05) is 31.1 Å². The minimum absolute atomic E-state index is 0.647. The third kappa shape index (κ3) is 3.91. The summed E-state index contributed by atoms with van der Waals surface area (Å²) in [5, 5.41) is 8.60. The average molecular weight is 384 g/mol. The Labute approximate surface area is 163 Å². The van der Waals surface area contributed by atoms with E-state index in [9.17, 15) is 0 Å². The molecule has 27 heavy (non-hydrogen) atoms. The van der Waals surface area contributed by atoms with E-state index in [0.29, 0.717) is 4.77 Å². The number of pyridine rings is 1. The Balaban J connectivity index is 1.44. The Kier molecular flexibility index (Phi) is 5.00. The highest BCUT2D eigenvalue weighted by atomic mass is 32.1. The maximum atomic E-state index is 5.64. The van der Waals surface area contributed by atoms with Gasteiger partial charge in [0.1, 0.15) is 0 Å².